The minimum Gasteiger partial charge on any atom is -0.358 e. The molecule has 7 nitrogen and oxygen atoms in total. The summed E-state index contributed by atoms with van der Waals surface area (Å²) in [6, 6.07) is 4.48. The van der Waals surface area contributed by atoms with Crippen molar-refractivity contribution in [2.45, 2.75) is 38.8 Å². The topological polar surface area (TPSA) is 81.5 Å². The first kappa shape index (κ1) is 19.6. The van der Waals surface area contributed by atoms with Gasteiger partial charge in [0.2, 0.25) is 0 Å². The first-order chi connectivity index (χ1) is 14.7. The van der Waals surface area contributed by atoms with Crippen LogP contribution in [0.2, 0.25) is 0 Å². The minimum atomic E-state index is -4.57. The van der Waals surface area contributed by atoms with Gasteiger partial charge in [0.05, 0.1) is 36.9 Å². The van der Waals surface area contributed by atoms with Gasteiger partial charge in [-0.1, -0.05) is 0 Å². The standard InChI is InChI=1S/C20H16F4N6O/c1-10-5-12(13-7-26-28-18(13)27-10)16-15-8-31-19(2,20(22,23)24)9-30(15)29-17(16)14-4-3-11(21)6-25-14/h3-7H,8-9H2,1-2H3,(H,26,27,28)/t19-/m0/s1. The molecule has 4 aromatic heterocycles. The smallest absolute Gasteiger partial charge is 0.358 e. The third kappa shape index (κ3) is 3.07. The molecule has 0 radical (unpaired) electrons. The molecule has 0 aliphatic carbocycles. The van der Waals surface area contributed by atoms with Crippen LogP contribution in [0.1, 0.15) is 18.3 Å². The van der Waals surface area contributed by atoms with Gasteiger partial charge >= 0.3 is 6.18 Å². The number of hydrogen-bond acceptors (Lipinski definition) is 5. The molecule has 0 saturated heterocycles. The fraction of sp³-hybridized carbons (Fsp3) is 0.300. The van der Waals surface area contributed by atoms with Crippen LogP contribution in [0.25, 0.3) is 33.5 Å². The van der Waals surface area contributed by atoms with Gasteiger partial charge in [0.1, 0.15) is 11.5 Å². The second-order valence-electron chi connectivity index (χ2n) is 7.65. The van der Waals surface area contributed by atoms with E-state index in [1.807, 2.05) is 0 Å². The van der Waals surface area contributed by atoms with E-state index in [4.69, 9.17) is 4.74 Å². The molecule has 5 rings (SSSR count). The van der Waals surface area contributed by atoms with Gasteiger partial charge in [0.15, 0.2) is 11.2 Å². The second kappa shape index (κ2) is 6.58. The molecule has 5 heterocycles. The number of aryl methyl sites for hydroxylation is 1. The Labute approximate surface area is 173 Å². The van der Waals surface area contributed by atoms with Crippen molar-refractivity contribution in [3.63, 3.8) is 0 Å². The van der Waals surface area contributed by atoms with Crippen LogP contribution >= 0.6 is 0 Å². The molecule has 0 saturated carbocycles. The van der Waals surface area contributed by atoms with Gasteiger partial charge in [-0.05, 0) is 32.0 Å². The summed E-state index contributed by atoms with van der Waals surface area (Å²) < 4.78 is 60.8. The fourth-order valence-corrected chi connectivity index (χ4v) is 3.75. The Hall–Kier alpha value is -3.34. The first-order valence-corrected chi connectivity index (χ1v) is 9.40. The molecule has 11 heteroatoms. The van der Waals surface area contributed by atoms with Crippen LogP contribution in [-0.4, -0.2) is 41.7 Å². The maximum atomic E-state index is 13.6. The maximum absolute atomic E-state index is 13.6. The average molecular weight is 432 g/mol. The number of nitrogens with one attached hydrogen (secondary N) is 1. The summed E-state index contributed by atoms with van der Waals surface area (Å²) in [5.74, 6) is -0.528. The monoisotopic (exact) mass is 432 g/mol. The molecular weight excluding hydrogens is 416 g/mol. The van der Waals surface area contributed by atoms with E-state index >= 15 is 0 Å². The number of pyridine rings is 2. The molecule has 0 spiro atoms. The van der Waals surface area contributed by atoms with E-state index in [2.05, 4.69) is 25.3 Å². The molecule has 4 aromatic rings. The molecule has 1 N–H and O–H groups in total. The number of alkyl halides is 3. The number of rotatable bonds is 2. The Morgan fingerprint density at radius 1 is 1.23 bits per heavy atom. The highest BCUT2D eigenvalue weighted by molar-refractivity contribution is 5.97. The average Bonchev–Trinajstić information content (AvgIpc) is 3.31. The molecule has 31 heavy (non-hydrogen) atoms. The van der Waals surface area contributed by atoms with Crippen LogP contribution in [0, 0.1) is 12.7 Å². The Balaban J connectivity index is 1.77. The Morgan fingerprint density at radius 2 is 2.03 bits per heavy atom. The number of nitrogens with zero attached hydrogens (tertiary/aromatic N) is 5. The fourth-order valence-electron chi connectivity index (χ4n) is 3.75. The zero-order valence-electron chi connectivity index (χ0n) is 16.5. The Morgan fingerprint density at radius 3 is 2.74 bits per heavy atom. The number of fused-ring (bicyclic) bond motifs is 2. The molecule has 0 bridgehead atoms. The Bertz CT molecular complexity index is 1290. The molecule has 1 aliphatic rings. The minimum absolute atomic E-state index is 0.305. The highest BCUT2D eigenvalue weighted by Crippen LogP contribution is 2.43. The quantitative estimate of drug-likeness (QED) is 0.481. The largest absolute Gasteiger partial charge is 0.419 e. The van der Waals surface area contributed by atoms with E-state index in [1.54, 1.807) is 19.2 Å². The SMILES string of the molecule is Cc1cc(-c2c(-c3ccc(F)cn3)nn3c2CO[C@](C)(C(F)(F)F)C3)c2cn[nH]c2n1. The van der Waals surface area contributed by atoms with E-state index in [0.717, 1.165) is 13.1 Å². The lowest BCUT2D eigenvalue weighted by Gasteiger charge is -2.36. The molecule has 1 atom stereocenters. The van der Waals surface area contributed by atoms with Crippen molar-refractivity contribution in [1.82, 2.24) is 29.9 Å². The third-order valence-electron chi connectivity index (χ3n) is 5.43. The predicted molar refractivity (Wildman–Crippen MR) is 102 cm³/mol. The van der Waals surface area contributed by atoms with Gasteiger partial charge in [-0.25, -0.2) is 9.37 Å². The Kier molecular flexibility index (Phi) is 4.16. The van der Waals surface area contributed by atoms with Crippen LogP contribution in [0.15, 0.2) is 30.6 Å². The van der Waals surface area contributed by atoms with Crippen molar-refractivity contribution in [1.29, 1.82) is 0 Å². The zero-order valence-corrected chi connectivity index (χ0v) is 16.5. The first-order valence-electron chi connectivity index (χ1n) is 9.40. The lowest BCUT2D eigenvalue weighted by molar-refractivity contribution is -0.287. The van der Waals surface area contributed by atoms with E-state index in [0.29, 0.717) is 44.9 Å². The molecule has 0 fully saturated rings. The van der Waals surface area contributed by atoms with Crippen LogP contribution in [0.4, 0.5) is 17.6 Å². The molecule has 0 unspecified atom stereocenters. The van der Waals surface area contributed by atoms with Crippen molar-refractivity contribution in [2.75, 3.05) is 0 Å². The molecule has 0 amide bonds. The van der Waals surface area contributed by atoms with E-state index < -0.39 is 24.1 Å². The van der Waals surface area contributed by atoms with Crippen molar-refractivity contribution in [3.8, 4) is 22.5 Å². The van der Waals surface area contributed by atoms with Crippen LogP contribution in [0.3, 0.4) is 0 Å². The van der Waals surface area contributed by atoms with Crippen molar-refractivity contribution >= 4 is 11.0 Å². The van der Waals surface area contributed by atoms with Gasteiger partial charge in [0.25, 0.3) is 0 Å². The van der Waals surface area contributed by atoms with E-state index in [-0.39, 0.29) is 6.61 Å². The van der Waals surface area contributed by atoms with Gasteiger partial charge in [-0.15, -0.1) is 0 Å². The summed E-state index contributed by atoms with van der Waals surface area (Å²) in [5.41, 5.74) is 1.20. The zero-order chi connectivity index (χ0) is 22.0. The molecule has 160 valence electrons. The predicted octanol–water partition coefficient (Wildman–Crippen LogP) is 4.18. The molecule has 0 aromatic carbocycles. The van der Waals surface area contributed by atoms with Gasteiger partial charge in [-0.2, -0.15) is 23.4 Å². The van der Waals surface area contributed by atoms with E-state index in [9.17, 15) is 17.6 Å². The summed E-state index contributed by atoms with van der Waals surface area (Å²) >= 11 is 0. The van der Waals surface area contributed by atoms with E-state index in [1.165, 1.54) is 16.8 Å². The van der Waals surface area contributed by atoms with Crippen molar-refractivity contribution < 1.29 is 22.3 Å². The second-order valence-corrected chi connectivity index (χ2v) is 7.65. The number of aromatic nitrogens is 6. The maximum Gasteiger partial charge on any atom is 0.419 e. The number of aromatic amines is 1. The number of ether oxygens (including phenoxy) is 1. The summed E-state index contributed by atoms with van der Waals surface area (Å²) in [4.78, 5) is 8.50. The summed E-state index contributed by atoms with van der Waals surface area (Å²) in [5, 5.41) is 12.0. The van der Waals surface area contributed by atoms with Crippen molar-refractivity contribution in [3.05, 3.63) is 47.8 Å². The number of halogens is 4. The number of hydrogen-bond donors (Lipinski definition) is 1. The lowest BCUT2D eigenvalue weighted by Crippen LogP contribution is -2.51. The van der Waals surface area contributed by atoms with Crippen LogP contribution < -0.4 is 0 Å². The lowest BCUT2D eigenvalue weighted by atomic mass is 9.97. The highest BCUT2D eigenvalue weighted by atomic mass is 19.4. The van der Waals surface area contributed by atoms with Crippen LogP contribution in [0.5, 0.6) is 0 Å². The van der Waals surface area contributed by atoms with Gasteiger partial charge < -0.3 is 4.74 Å². The van der Waals surface area contributed by atoms with Gasteiger partial charge in [0, 0.05) is 22.2 Å². The summed E-state index contributed by atoms with van der Waals surface area (Å²) in [6.07, 6.45) is -1.94. The van der Waals surface area contributed by atoms with Crippen LogP contribution in [-0.2, 0) is 17.9 Å². The number of H-pyrrole nitrogens is 1. The third-order valence-corrected chi connectivity index (χ3v) is 5.43. The molecule has 1 aliphatic heterocycles. The normalized spacial score (nSPS) is 19.0. The van der Waals surface area contributed by atoms with Gasteiger partial charge in [-0.3, -0.25) is 14.8 Å². The summed E-state index contributed by atoms with van der Waals surface area (Å²) in [7, 11) is 0. The highest BCUT2D eigenvalue weighted by Gasteiger charge is 2.55. The summed E-state index contributed by atoms with van der Waals surface area (Å²) in [6.45, 7) is 1.98. The molecular formula is C20H16F4N6O. The van der Waals surface area contributed by atoms with Crippen molar-refractivity contribution in [2.24, 2.45) is 0 Å².